The first kappa shape index (κ1) is 12.7. The van der Waals surface area contributed by atoms with E-state index in [4.69, 9.17) is 4.74 Å². The van der Waals surface area contributed by atoms with Crippen LogP contribution in [0.4, 0.5) is 0 Å². The van der Waals surface area contributed by atoms with E-state index in [9.17, 15) is 9.59 Å². The number of nitrogens with one attached hydrogen (secondary N) is 1. The molecule has 0 unspecified atom stereocenters. The number of benzene rings is 1. The molecule has 0 bridgehead atoms. The van der Waals surface area contributed by atoms with E-state index in [1.165, 1.54) is 11.7 Å². The second-order valence-corrected chi connectivity index (χ2v) is 5.11. The maximum atomic E-state index is 12.4. The summed E-state index contributed by atoms with van der Waals surface area (Å²) < 4.78 is 6.72. The fourth-order valence-corrected chi connectivity index (χ4v) is 2.80. The van der Waals surface area contributed by atoms with E-state index in [-0.39, 0.29) is 16.9 Å². The number of nitrogens with zero attached hydrogens (tertiary/aromatic N) is 1. The number of hydrogen-bond acceptors (Lipinski definition) is 3. The molecule has 0 aliphatic carbocycles. The minimum atomic E-state index is -0.365. The number of H-pyrrole nitrogens is 1. The molecule has 1 aliphatic heterocycles. The molecule has 104 valence electrons. The predicted molar refractivity (Wildman–Crippen MR) is 76.2 cm³/mol. The van der Waals surface area contributed by atoms with Gasteiger partial charge in [-0.25, -0.2) is 0 Å². The molecule has 1 aromatic heterocycles. The molecule has 0 atom stereocenters. The average molecular weight is 272 g/mol. The summed E-state index contributed by atoms with van der Waals surface area (Å²) in [6.07, 6.45) is 0.805. The second-order valence-electron chi connectivity index (χ2n) is 5.11. The molecule has 0 spiro atoms. The van der Waals surface area contributed by atoms with Gasteiger partial charge in [0.05, 0.1) is 5.56 Å². The SMILES string of the molecule is CCc1cc(C)cc2c1-c1c(c(=O)[nH]n(C)c1=O)OC2. The number of aryl methyl sites for hydroxylation is 3. The van der Waals surface area contributed by atoms with Gasteiger partial charge in [0.25, 0.3) is 5.56 Å². The van der Waals surface area contributed by atoms with Crippen LogP contribution in [-0.4, -0.2) is 9.78 Å². The van der Waals surface area contributed by atoms with Crippen molar-refractivity contribution >= 4 is 0 Å². The Labute approximate surface area is 115 Å². The van der Waals surface area contributed by atoms with E-state index in [0.717, 1.165) is 28.7 Å². The van der Waals surface area contributed by atoms with E-state index in [2.05, 4.69) is 11.2 Å². The molecule has 1 aliphatic rings. The molecule has 2 aromatic rings. The van der Waals surface area contributed by atoms with Gasteiger partial charge in [0.15, 0.2) is 5.75 Å². The van der Waals surface area contributed by atoms with Crippen LogP contribution in [0.5, 0.6) is 5.75 Å². The molecule has 20 heavy (non-hydrogen) atoms. The van der Waals surface area contributed by atoms with Crippen molar-refractivity contribution in [3.63, 3.8) is 0 Å². The third-order valence-corrected chi connectivity index (χ3v) is 3.67. The number of ether oxygens (including phenoxy) is 1. The summed E-state index contributed by atoms with van der Waals surface area (Å²) in [5, 5.41) is 2.47. The zero-order chi connectivity index (χ0) is 14.4. The maximum Gasteiger partial charge on any atom is 0.305 e. The van der Waals surface area contributed by atoms with Gasteiger partial charge in [-0.05, 0) is 24.5 Å². The van der Waals surface area contributed by atoms with Gasteiger partial charge in [-0.3, -0.25) is 19.4 Å². The van der Waals surface area contributed by atoms with Crippen LogP contribution in [-0.2, 0) is 20.1 Å². The van der Waals surface area contributed by atoms with Gasteiger partial charge in [-0.15, -0.1) is 0 Å². The van der Waals surface area contributed by atoms with Crippen molar-refractivity contribution in [3.8, 4) is 16.9 Å². The largest absolute Gasteiger partial charge is 0.482 e. The standard InChI is InChI=1S/C15H16N2O3/c1-4-9-5-8(2)6-10-7-20-13-12(11(9)10)15(19)17(3)16-14(13)18/h5-6H,4,7H2,1-3H3,(H,16,18). The van der Waals surface area contributed by atoms with Gasteiger partial charge in [0.1, 0.15) is 6.61 Å². The monoisotopic (exact) mass is 272 g/mol. The van der Waals surface area contributed by atoms with E-state index in [0.29, 0.717) is 12.2 Å². The average Bonchev–Trinajstić information content (AvgIpc) is 2.42. The summed E-state index contributed by atoms with van der Waals surface area (Å²) in [6, 6.07) is 4.08. The third-order valence-electron chi connectivity index (χ3n) is 3.67. The molecule has 0 radical (unpaired) electrons. The number of aromatic nitrogens is 2. The molecule has 0 saturated carbocycles. The van der Waals surface area contributed by atoms with Gasteiger partial charge in [0.2, 0.25) is 0 Å². The van der Waals surface area contributed by atoms with Crippen molar-refractivity contribution in [3.05, 3.63) is 49.5 Å². The van der Waals surface area contributed by atoms with E-state index < -0.39 is 0 Å². The Kier molecular flexibility index (Phi) is 2.78. The number of rotatable bonds is 1. The molecule has 5 nitrogen and oxygen atoms in total. The van der Waals surface area contributed by atoms with Crippen LogP contribution in [0.2, 0.25) is 0 Å². The Morgan fingerprint density at radius 3 is 2.75 bits per heavy atom. The van der Waals surface area contributed by atoms with Crippen molar-refractivity contribution in [1.82, 2.24) is 9.78 Å². The summed E-state index contributed by atoms with van der Waals surface area (Å²) in [6.45, 7) is 4.39. The number of aromatic amines is 1. The number of fused-ring (bicyclic) bond motifs is 3. The van der Waals surface area contributed by atoms with Crippen molar-refractivity contribution in [1.29, 1.82) is 0 Å². The highest BCUT2D eigenvalue weighted by Gasteiger charge is 2.26. The zero-order valence-electron chi connectivity index (χ0n) is 11.7. The van der Waals surface area contributed by atoms with Crippen LogP contribution in [0.3, 0.4) is 0 Å². The highest BCUT2D eigenvalue weighted by Crippen LogP contribution is 2.36. The summed E-state index contributed by atoms with van der Waals surface area (Å²) in [5.74, 6) is 0.138. The fraction of sp³-hybridized carbons (Fsp3) is 0.333. The lowest BCUT2D eigenvalue weighted by atomic mass is 9.90. The van der Waals surface area contributed by atoms with Gasteiger partial charge in [-0.2, -0.15) is 0 Å². The van der Waals surface area contributed by atoms with Crippen LogP contribution in [0.25, 0.3) is 11.1 Å². The minimum absolute atomic E-state index is 0.138. The lowest BCUT2D eigenvalue weighted by Gasteiger charge is -2.23. The molecule has 0 saturated heterocycles. The Hall–Kier alpha value is -2.30. The van der Waals surface area contributed by atoms with E-state index in [1.54, 1.807) is 0 Å². The first-order chi connectivity index (χ1) is 9.52. The van der Waals surface area contributed by atoms with Crippen molar-refractivity contribution in [2.45, 2.75) is 26.9 Å². The Morgan fingerprint density at radius 1 is 1.30 bits per heavy atom. The summed E-state index contributed by atoms with van der Waals surface area (Å²) >= 11 is 0. The maximum absolute atomic E-state index is 12.4. The van der Waals surface area contributed by atoms with Gasteiger partial charge in [0, 0.05) is 12.6 Å². The highest BCUT2D eigenvalue weighted by molar-refractivity contribution is 5.77. The van der Waals surface area contributed by atoms with Gasteiger partial charge in [-0.1, -0.05) is 24.6 Å². The Bertz CT molecular complexity index is 798. The van der Waals surface area contributed by atoms with Crippen LogP contribution in [0.1, 0.15) is 23.6 Å². The van der Waals surface area contributed by atoms with E-state index in [1.807, 2.05) is 19.9 Å². The molecular formula is C15H16N2O3. The molecular weight excluding hydrogens is 256 g/mol. The quantitative estimate of drug-likeness (QED) is 0.855. The van der Waals surface area contributed by atoms with Crippen molar-refractivity contribution < 1.29 is 4.74 Å². The summed E-state index contributed by atoms with van der Waals surface area (Å²) in [5.41, 5.74) is 3.83. The molecule has 2 heterocycles. The lowest BCUT2D eigenvalue weighted by Crippen LogP contribution is -2.32. The third kappa shape index (κ3) is 1.70. The molecule has 5 heteroatoms. The smallest absolute Gasteiger partial charge is 0.305 e. The number of hydrogen-bond donors (Lipinski definition) is 1. The summed E-state index contributed by atoms with van der Waals surface area (Å²) in [7, 11) is 1.54. The van der Waals surface area contributed by atoms with Crippen LogP contribution < -0.4 is 15.9 Å². The highest BCUT2D eigenvalue weighted by atomic mass is 16.5. The Balaban J connectivity index is 2.47. The molecule has 0 fully saturated rings. The first-order valence-corrected chi connectivity index (χ1v) is 6.61. The Morgan fingerprint density at radius 2 is 2.05 bits per heavy atom. The van der Waals surface area contributed by atoms with E-state index >= 15 is 0 Å². The molecule has 1 aromatic carbocycles. The molecule has 3 rings (SSSR count). The van der Waals surface area contributed by atoms with Crippen molar-refractivity contribution in [2.75, 3.05) is 0 Å². The molecule has 1 N–H and O–H groups in total. The van der Waals surface area contributed by atoms with Gasteiger partial charge < -0.3 is 4.74 Å². The lowest BCUT2D eigenvalue weighted by molar-refractivity contribution is 0.294. The van der Waals surface area contributed by atoms with Crippen molar-refractivity contribution in [2.24, 2.45) is 7.05 Å². The topological polar surface area (TPSA) is 64.1 Å². The van der Waals surface area contributed by atoms with Crippen LogP contribution >= 0.6 is 0 Å². The second kappa shape index (κ2) is 4.37. The molecule has 0 amide bonds. The normalized spacial score (nSPS) is 12.6. The zero-order valence-corrected chi connectivity index (χ0v) is 11.7. The first-order valence-electron chi connectivity index (χ1n) is 6.61. The summed E-state index contributed by atoms with van der Waals surface area (Å²) in [4.78, 5) is 24.4. The van der Waals surface area contributed by atoms with Crippen LogP contribution in [0, 0.1) is 6.92 Å². The predicted octanol–water partition coefficient (Wildman–Crippen LogP) is 1.50. The van der Waals surface area contributed by atoms with Crippen LogP contribution in [0.15, 0.2) is 21.7 Å². The van der Waals surface area contributed by atoms with Gasteiger partial charge >= 0.3 is 5.56 Å². The fourth-order valence-electron chi connectivity index (χ4n) is 2.80. The minimum Gasteiger partial charge on any atom is -0.482 e.